The highest BCUT2D eigenvalue weighted by molar-refractivity contribution is 6.28. The molecular formula is C11H14ClN5. The Bertz CT molecular complexity index is 538. The van der Waals surface area contributed by atoms with Crippen molar-refractivity contribution in [1.29, 1.82) is 0 Å². The molecule has 0 aliphatic heterocycles. The van der Waals surface area contributed by atoms with E-state index in [0.717, 1.165) is 17.3 Å². The monoisotopic (exact) mass is 251 g/mol. The first kappa shape index (κ1) is 10.8. The van der Waals surface area contributed by atoms with Crippen LogP contribution in [0.25, 0.3) is 11.2 Å². The number of aromatic nitrogens is 4. The van der Waals surface area contributed by atoms with Crippen molar-refractivity contribution in [2.75, 3.05) is 5.32 Å². The SMILES string of the molecule is CCCC1CC1Nc1nc(Cl)nc2nc[nH]c12. The molecule has 17 heavy (non-hydrogen) atoms. The Morgan fingerprint density at radius 2 is 2.41 bits per heavy atom. The second-order valence-corrected chi connectivity index (χ2v) is 4.82. The molecule has 1 fully saturated rings. The number of halogens is 1. The number of nitrogens with one attached hydrogen (secondary N) is 2. The van der Waals surface area contributed by atoms with Gasteiger partial charge in [-0.15, -0.1) is 0 Å². The molecule has 0 bridgehead atoms. The third-order valence-corrected chi connectivity index (χ3v) is 3.33. The molecular weight excluding hydrogens is 238 g/mol. The Morgan fingerprint density at radius 1 is 1.53 bits per heavy atom. The van der Waals surface area contributed by atoms with Crippen LogP contribution in [0.1, 0.15) is 26.2 Å². The zero-order chi connectivity index (χ0) is 11.8. The molecule has 1 aliphatic rings. The first-order valence-corrected chi connectivity index (χ1v) is 6.29. The third-order valence-electron chi connectivity index (χ3n) is 3.16. The molecule has 2 aromatic heterocycles. The molecule has 6 heteroatoms. The van der Waals surface area contributed by atoms with Crippen molar-refractivity contribution in [2.24, 2.45) is 5.92 Å². The van der Waals surface area contributed by atoms with E-state index in [2.05, 4.69) is 32.2 Å². The predicted molar refractivity (Wildman–Crippen MR) is 67.1 cm³/mol. The minimum atomic E-state index is 0.236. The third kappa shape index (κ3) is 2.07. The number of rotatable bonds is 4. The number of imidazole rings is 1. The van der Waals surface area contributed by atoms with Crippen LogP contribution in [0, 0.1) is 5.92 Å². The van der Waals surface area contributed by atoms with Gasteiger partial charge in [0.25, 0.3) is 0 Å². The Morgan fingerprint density at radius 3 is 3.24 bits per heavy atom. The molecule has 0 spiro atoms. The summed E-state index contributed by atoms with van der Waals surface area (Å²) in [5, 5.41) is 3.65. The standard InChI is InChI=1S/C11H14ClN5/c1-2-3-6-4-7(6)15-10-8-9(14-5-13-8)16-11(12)17-10/h5-7H,2-4H2,1H3,(H2,13,14,15,16,17). The fourth-order valence-corrected chi connectivity index (χ4v) is 2.37. The molecule has 0 saturated heterocycles. The van der Waals surface area contributed by atoms with Gasteiger partial charge >= 0.3 is 0 Å². The van der Waals surface area contributed by atoms with E-state index < -0.39 is 0 Å². The van der Waals surface area contributed by atoms with Gasteiger partial charge in [0, 0.05) is 6.04 Å². The molecule has 2 unspecified atom stereocenters. The summed E-state index contributed by atoms with van der Waals surface area (Å²) in [4.78, 5) is 15.4. The molecule has 0 radical (unpaired) electrons. The molecule has 2 N–H and O–H groups in total. The average Bonchev–Trinajstić information content (AvgIpc) is 2.85. The van der Waals surface area contributed by atoms with E-state index in [4.69, 9.17) is 11.6 Å². The summed E-state index contributed by atoms with van der Waals surface area (Å²) < 4.78 is 0. The molecule has 0 aromatic carbocycles. The van der Waals surface area contributed by atoms with E-state index in [0.29, 0.717) is 11.7 Å². The fourth-order valence-electron chi connectivity index (χ4n) is 2.20. The molecule has 90 valence electrons. The van der Waals surface area contributed by atoms with Gasteiger partial charge in [-0.1, -0.05) is 13.3 Å². The van der Waals surface area contributed by atoms with Crippen molar-refractivity contribution >= 4 is 28.6 Å². The van der Waals surface area contributed by atoms with E-state index in [9.17, 15) is 0 Å². The maximum atomic E-state index is 5.87. The summed E-state index contributed by atoms with van der Waals surface area (Å²) in [7, 11) is 0. The van der Waals surface area contributed by atoms with Gasteiger partial charge < -0.3 is 10.3 Å². The van der Waals surface area contributed by atoms with Crippen LogP contribution in [0.3, 0.4) is 0 Å². The van der Waals surface area contributed by atoms with Crippen molar-refractivity contribution < 1.29 is 0 Å². The van der Waals surface area contributed by atoms with E-state index in [1.165, 1.54) is 19.3 Å². The minimum absolute atomic E-state index is 0.236. The van der Waals surface area contributed by atoms with Gasteiger partial charge in [0.15, 0.2) is 11.5 Å². The number of aromatic amines is 1. The van der Waals surface area contributed by atoms with Gasteiger partial charge in [0.05, 0.1) is 6.33 Å². The van der Waals surface area contributed by atoms with E-state index >= 15 is 0 Å². The lowest BCUT2D eigenvalue weighted by Crippen LogP contribution is -2.07. The number of nitrogens with zero attached hydrogens (tertiary/aromatic N) is 3. The zero-order valence-corrected chi connectivity index (χ0v) is 10.3. The Kier molecular flexibility index (Phi) is 2.63. The van der Waals surface area contributed by atoms with Crippen LogP contribution in [-0.2, 0) is 0 Å². The molecule has 5 nitrogen and oxygen atoms in total. The van der Waals surface area contributed by atoms with Crippen molar-refractivity contribution in [1.82, 2.24) is 19.9 Å². The molecule has 2 heterocycles. The number of hydrogen-bond donors (Lipinski definition) is 2. The summed E-state index contributed by atoms with van der Waals surface area (Å²) in [6.07, 6.45) is 5.32. The summed E-state index contributed by atoms with van der Waals surface area (Å²) in [6.45, 7) is 2.21. The van der Waals surface area contributed by atoms with E-state index in [1.807, 2.05) is 0 Å². The fraction of sp³-hybridized carbons (Fsp3) is 0.545. The van der Waals surface area contributed by atoms with Crippen LogP contribution in [0.15, 0.2) is 6.33 Å². The number of hydrogen-bond acceptors (Lipinski definition) is 4. The van der Waals surface area contributed by atoms with Gasteiger partial charge in [-0.2, -0.15) is 9.97 Å². The van der Waals surface area contributed by atoms with Crippen molar-refractivity contribution in [3.63, 3.8) is 0 Å². The van der Waals surface area contributed by atoms with Crippen molar-refractivity contribution in [2.45, 2.75) is 32.2 Å². The molecule has 2 aromatic rings. The van der Waals surface area contributed by atoms with Crippen LogP contribution in [0.4, 0.5) is 5.82 Å². The van der Waals surface area contributed by atoms with Gasteiger partial charge in [-0.3, -0.25) is 0 Å². The van der Waals surface area contributed by atoms with Crippen LogP contribution < -0.4 is 5.32 Å². The lowest BCUT2D eigenvalue weighted by Gasteiger charge is -2.05. The Labute approximate surface area is 104 Å². The van der Waals surface area contributed by atoms with E-state index in [-0.39, 0.29) is 5.28 Å². The summed E-state index contributed by atoms with van der Waals surface area (Å²) in [5.41, 5.74) is 1.44. The smallest absolute Gasteiger partial charge is 0.226 e. The van der Waals surface area contributed by atoms with Crippen LogP contribution in [0.2, 0.25) is 5.28 Å². The lowest BCUT2D eigenvalue weighted by molar-refractivity contribution is 0.692. The van der Waals surface area contributed by atoms with Gasteiger partial charge in [0.2, 0.25) is 5.28 Å². The largest absolute Gasteiger partial charge is 0.365 e. The first-order chi connectivity index (χ1) is 8.28. The summed E-state index contributed by atoms with van der Waals surface area (Å²) in [5.74, 6) is 1.54. The van der Waals surface area contributed by atoms with E-state index in [1.54, 1.807) is 6.33 Å². The maximum Gasteiger partial charge on any atom is 0.226 e. The highest BCUT2D eigenvalue weighted by atomic mass is 35.5. The van der Waals surface area contributed by atoms with Gasteiger partial charge in [0.1, 0.15) is 5.52 Å². The number of anilines is 1. The predicted octanol–water partition coefficient (Wildman–Crippen LogP) is 2.61. The molecule has 1 saturated carbocycles. The maximum absolute atomic E-state index is 5.87. The summed E-state index contributed by atoms with van der Waals surface area (Å²) in [6, 6.07) is 0.521. The molecule has 3 rings (SSSR count). The highest BCUT2D eigenvalue weighted by Gasteiger charge is 2.36. The second kappa shape index (κ2) is 4.14. The van der Waals surface area contributed by atoms with Gasteiger partial charge in [-0.05, 0) is 30.4 Å². The van der Waals surface area contributed by atoms with Crippen LogP contribution in [0.5, 0.6) is 0 Å². The minimum Gasteiger partial charge on any atom is -0.365 e. The van der Waals surface area contributed by atoms with Crippen LogP contribution >= 0.6 is 11.6 Å². The zero-order valence-electron chi connectivity index (χ0n) is 9.57. The summed E-state index contributed by atoms with van der Waals surface area (Å²) >= 11 is 5.87. The number of fused-ring (bicyclic) bond motifs is 1. The second-order valence-electron chi connectivity index (χ2n) is 4.48. The topological polar surface area (TPSA) is 66.5 Å². The normalized spacial score (nSPS) is 22.9. The first-order valence-electron chi connectivity index (χ1n) is 5.91. The average molecular weight is 252 g/mol. The quantitative estimate of drug-likeness (QED) is 0.820. The molecule has 2 atom stereocenters. The van der Waals surface area contributed by atoms with Gasteiger partial charge in [-0.25, -0.2) is 4.98 Å². The van der Waals surface area contributed by atoms with Crippen LogP contribution in [-0.4, -0.2) is 26.0 Å². The number of H-pyrrole nitrogens is 1. The van der Waals surface area contributed by atoms with Crippen molar-refractivity contribution in [3.05, 3.63) is 11.6 Å². The molecule has 1 aliphatic carbocycles. The highest BCUT2D eigenvalue weighted by Crippen LogP contribution is 2.37. The molecule has 0 amide bonds. The lowest BCUT2D eigenvalue weighted by atomic mass is 10.2. The Hall–Kier alpha value is -1.36. The van der Waals surface area contributed by atoms with Crippen molar-refractivity contribution in [3.8, 4) is 0 Å². The Balaban J connectivity index is 1.83.